The van der Waals surface area contributed by atoms with Gasteiger partial charge in [0.1, 0.15) is 10.8 Å². The molecular formula is C20H16Cl2FNO2. The fourth-order valence-corrected chi connectivity index (χ4v) is 3.80. The summed E-state index contributed by atoms with van der Waals surface area (Å²) in [4.78, 5) is 25.7. The molecular weight excluding hydrogens is 376 g/mol. The Labute approximate surface area is 161 Å². The molecule has 0 N–H and O–H groups in total. The monoisotopic (exact) mass is 391 g/mol. The predicted molar refractivity (Wildman–Crippen MR) is 101 cm³/mol. The fourth-order valence-electron chi connectivity index (χ4n) is 3.01. The van der Waals surface area contributed by atoms with E-state index >= 15 is 0 Å². The molecule has 0 saturated heterocycles. The lowest BCUT2D eigenvalue weighted by atomic mass is 9.86. The van der Waals surface area contributed by atoms with Crippen molar-refractivity contribution in [2.75, 3.05) is 4.90 Å². The minimum Gasteiger partial charge on any atom is -0.290 e. The molecule has 1 amide bonds. The second-order valence-corrected chi connectivity index (χ2v) is 7.27. The van der Waals surface area contributed by atoms with Crippen molar-refractivity contribution in [1.29, 1.82) is 0 Å². The number of hydrogen-bond acceptors (Lipinski definition) is 2. The van der Waals surface area contributed by atoms with Gasteiger partial charge in [-0.2, -0.15) is 0 Å². The van der Waals surface area contributed by atoms with Crippen molar-refractivity contribution in [2.45, 2.75) is 18.7 Å². The summed E-state index contributed by atoms with van der Waals surface area (Å²) in [5.74, 6) is -1.94. The maximum atomic E-state index is 13.4. The highest BCUT2D eigenvalue weighted by Gasteiger charge is 2.54. The minimum absolute atomic E-state index is 0.0946. The molecule has 26 heavy (non-hydrogen) atoms. The Morgan fingerprint density at radius 1 is 1.00 bits per heavy atom. The Kier molecular flexibility index (Phi) is 4.91. The van der Waals surface area contributed by atoms with E-state index in [1.54, 1.807) is 30.3 Å². The number of anilines is 1. The lowest BCUT2D eigenvalue weighted by molar-refractivity contribution is -0.129. The van der Waals surface area contributed by atoms with Gasteiger partial charge in [0.2, 0.25) is 10.7 Å². The maximum Gasteiger partial charge on any atom is 0.265 e. The lowest BCUT2D eigenvalue weighted by Gasteiger charge is -2.39. The summed E-state index contributed by atoms with van der Waals surface area (Å²) in [5, 5.41) is -0.0946. The molecule has 2 aromatic carbocycles. The third-order valence-electron chi connectivity index (χ3n) is 4.28. The molecule has 1 atom stereocenters. The molecule has 3 nitrogen and oxygen atoms in total. The highest BCUT2D eigenvalue weighted by Crippen LogP contribution is 2.45. The van der Waals surface area contributed by atoms with Crippen LogP contribution >= 0.6 is 23.2 Å². The van der Waals surface area contributed by atoms with Gasteiger partial charge in [0.05, 0.1) is 5.70 Å². The average molecular weight is 392 g/mol. The van der Waals surface area contributed by atoms with Crippen molar-refractivity contribution in [2.24, 2.45) is 5.92 Å². The van der Waals surface area contributed by atoms with Gasteiger partial charge in [-0.05, 0) is 35.7 Å². The molecule has 0 saturated carbocycles. The predicted octanol–water partition coefficient (Wildman–Crippen LogP) is 4.98. The molecule has 0 aromatic heterocycles. The van der Waals surface area contributed by atoms with Crippen LogP contribution in [0.5, 0.6) is 0 Å². The Morgan fingerprint density at radius 3 is 2.12 bits per heavy atom. The SMILES string of the molecule is CC(C)C1=C(Cl)C(=O)C(Cl)(c2ccccc2)C(=O)N1c1ccc(F)cc1. The van der Waals surface area contributed by atoms with Crippen molar-refractivity contribution in [1.82, 2.24) is 0 Å². The Hall–Kier alpha value is -2.17. The molecule has 2 aromatic rings. The minimum atomic E-state index is -1.97. The zero-order valence-electron chi connectivity index (χ0n) is 14.2. The van der Waals surface area contributed by atoms with Gasteiger partial charge < -0.3 is 0 Å². The van der Waals surface area contributed by atoms with E-state index in [0.717, 1.165) is 0 Å². The van der Waals surface area contributed by atoms with Gasteiger partial charge in [0.25, 0.3) is 5.91 Å². The molecule has 0 spiro atoms. The number of hydrogen-bond donors (Lipinski definition) is 0. The van der Waals surface area contributed by atoms with Gasteiger partial charge in [-0.25, -0.2) is 4.39 Å². The number of rotatable bonds is 3. The number of allylic oxidation sites excluding steroid dienone is 2. The molecule has 0 aliphatic carbocycles. The van der Waals surface area contributed by atoms with Crippen LogP contribution in [0.2, 0.25) is 0 Å². The number of halogens is 3. The van der Waals surface area contributed by atoms with Gasteiger partial charge in [-0.15, -0.1) is 0 Å². The van der Waals surface area contributed by atoms with E-state index in [4.69, 9.17) is 23.2 Å². The van der Waals surface area contributed by atoms with Gasteiger partial charge >= 0.3 is 0 Å². The van der Waals surface area contributed by atoms with E-state index in [1.807, 2.05) is 13.8 Å². The molecule has 1 unspecified atom stereocenters. The number of alkyl halides is 1. The van der Waals surface area contributed by atoms with Gasteiger partial charge in [-0.1, -0.05) is 67.4 Å². The van der Waals surface area contributed by atoms with Crippen LogP contribution in [0.4, 0.5) is 10.1 Å². The Bertz CT molecular complexity index is 894. The number of ketones is 1. The van der Waals surface area contributed by atoms with Gasteiger partial charge in [0, 0.05) is 5.69 Å². The first kappa shape index (κ1) is 18.6. The van der Waals surface area contributed by atoms with Gasteiger partial charge in [0.15, 0.2) is 0 Å². The van der Waals surface area contributed by atoms with E-state index in [-0.39, 0.29) is 11.0 Å². The molecule has 1 heterocycles. The average Bonchev–Trinajstić information content (AvgIpc) is 2.64. The number of carbonyl (C=O) groups excluding carboxylic acids is 2. The Morgan fingerprint density at radius 2 is 1.58 bits per heavy atom. The Balaban J connectivity index is 2.26. The van der Waals surface area contributed by atoms with Crippen LogP contribution in [0.1, 0.15) is 19.4 Å². The maximum absolute atomic E-state index is 13.4. The zero-order chi connectivity index (χ0) is 19.1. The van der Waals surface area contributed by atoms with Crippen LogP contribution in [0.15, 0.2) is 65.3 Å². The first-order valence-corrected chi connectivity index (χ1v) is 8.83. The zero-order valence-corrected chi connectivity index (χ0v) is 15.7. The van der Waals surface area contributed by atoms with E-state index in [0.29, 0.717) is 16.9 Å². The van der Waals surface area contributed by atoms with E-state index in [2.05, 4.69) is 0 Å². The summed E-state index contributed by atoms with van der Waals surface area (Å²) in [6, 6.07) is 13.8. The van der Waals surface area contributed by atoms with E-state index in [1.165, 1.54) is 29.2 Å². The molecule has 6 heteroatoms. The van der Waals surface area contributed by atoms with E-state index in [9.17, 15) is 14.0 Å². The summed E-state index contributed by atoms with van der Waals surface area (Å²) in [7, 11) is 0. The number of carbonyl (C=O) groups is 2. The molecule has 1 aliphatic rings. The van der Waals surface area contributed by atoms with Crippen LogP contribution < -0.4 is 4.90 Å². The largest absolute Gasteiger partial charge is 0.290 e. The van der Waals surface area contributed by atoms with Crippen molar-refractivity contribution in [3.05, 3.63) is 76.7 Å². The second-order valence-electron chi connectivity index (χ2n) is 6.32. The molecule has 0 radical (unpaired) electrons. The van der Waals surface area contributed by atoms with Crippen LogP contribution in [-0.4, -0.2) is 11.7 Å². The fraction of sp³-hybridized carbons (Fsp3) is 0.200. The molecule has 0 fully saturated rings. The normalized spacial score (nSPS) is 20.9. The first-order valence-electron chi connectivity index (χ1n) is 8.07. The van der Waals surface area contributed by atoms with Crippen molar-refractivity contribution in [3.8, 4) is 0 Å². The number of benzene rings is 2. The first-order chi connectivity index (χ1) is 12.3. The highest BCUT2D eigenvalue weighted by atomic mass is 35.5. The summed E-state index contributed by atoms with van der Waals surface area (Å²) < 4.78 is 13.3. The van der Waals surface area contributed by atoms with Crippen LogP contribution in [0, 0.1) is 11.7 Å². The quantitative estimate of drug-likeness (QED) is 0.546. The molecule has 134 valence electrons. The number of Topliss-reactive ketones (excluding diaryl/α,β-unsaturated/α-hetero) is 1. The molecule has 3 rings (SSSR count). The van der Waals surface area contributed by atoms with Crippen LogP contribution in [0.25, 0.3) is 0 Å². The smallest absolute Gasteiger partial charge is 0.265 e. The van der Waals surface area contributed by atoms with E-state index < -0.39 is 22.4 Å². The number of nitrogens with zero attached hydrogens (tertiary/aromatic N) is 1. The summed E-state index contributed by atoms with van der Waals surface area (Å²) in [6.07, 6.45) is 0. The third kappa shape index (κ3) is 2.83. The topological polar surface area (TPSA) is 37.4 Å². The second kappa shape index (κ2) is 6.86. The molecule has 0 bridgehead atoms. The van der Waals surface area contributed by atoms with Crippen molar-refractivity contribution in [3.63, 3.8) is 0 Å². The summed E-state index contributed by atoms with van der Waals surface area (Å²) >= 11 is 13.0. The summed E-state index contributed by atoms with van der Waals surface area (Å²) in [6.45, 7) is 3.64. The standard InChI is InChI=1S/C20H16Cl2FNO2/c1-12(2)17-16(21)18(25)20(22,13-6-4-3-5-7-13)19(26)24(17)15-10-8-14(23)9-11-15/h3-12H,1-2H3. The summed E-state index contributed by atoms with van der Waals surface area (Å²) in [5.41, 5.74) is 1.08. The lowest BCUT2D eigenvalue weighted by Crippen LogP contribution is -2.53. The highest BCUT2D eigenvalue weighted by molar-refractivity contribution is 6.58. The van der Waals surface area contributed by atoms with Crippen molar-refractivity contribution >= 4 is 40.6 Å². The van der Waals surface area contributed by atoms with Crippen LogP contribution in [0.3, 0.4) is 0 Å². The van der Waals surface area contributed by atoms with Crippen LogP contribution in [-0.2, 0) is 14.5 Å². The van der Waals surface area contributed by atoms with Crippen molar-refractivity contribution < 1.29 is 14.0 Å². The number of amides is 1. The third-order valence-corrected chi connectivity index (χ3v) is 5.20. The molecule has 1 aliphatic heterocycles. The van der Waals surface area contributed by atoms with Gasteiger partial charge in [-0.3, -0.25) is 14.5 Å².